The van der Waals surface area contributed by atoms with E-state index in [0.29, 0.717) is 5.90 Å². The van der Waals surface area contributed by atoms with Crippen LogP contribution in [0, 0.1) is 0 Å². The molecule has 7 heteroatoms. The highest BCUT2D eigenvalue weighted by atomic mass is 16.5. The van der Waals surface area contributed by atoms with Crippen LogP contribution in [0.1, 0.15) is 140 Å². The fourth-order valence-corrected chi connectivity index (χ4v) is 6.89. The quantitative estimate of drug-likeness (QED) is 0.0330. The minimum Gasteiger partial charge on any atom is -0.475 e. The molecule has 2 aromatic carbocycles. The van der Waals surface area contributed by atoms with Gasteiger partial charge < -0.3 is 4.74 Å². The number of benzene rings is 2. The van der Waals surface area contributed by atoms with Crippen molar-refractivity contribution in [1.29, 1.82) is 0 Å². The molecule has 2 aromatic heterocycles. The predicted octanol–water partition coefficient (Wildman–Crippen LogP) is 10.3. The van der Waals surface area contributed by atoms with Crippen molar-refractivity contribution in [3.8, 4) is 0 Å². The molecular formula is C44H66N6O+2. The Balaban J connectivity index is 1.35. The number of aliphatic imine (C=N–C) groups is 2. The number of aromatic nitrogens is 4. The number of aryl methyl sites for hydroxylation is 4. The van der Waals surface area contributed by atoms with E-state index < -0.39 is 0 Å². The Bertz CT molecular complexity index is 1510. The van der Waals surface area contributed by atoms with Crippen LogP contribution < -0.4 is 9.13 Å². The van der Waals surface area contributed by atoms with E-state index in [1.165, 1.54) is 107 Å². The lowest BCUT2D eigenvalue weighted by Gasteiger charge is -2.07. The lowest BCUT2D eigenvalue weighted by molar-refractivity contribution is -0.698. The van der Waals surface area contributed by atoms with Crippen LogP contribution in [-0.4, -0.2) is 27.9 Å². The predicted molar refractivity (Wildman–Crippen MR) is 213 cm³/mol. The molecule has 0 amide bonds. The molecule has 0 aliphatic carbocycles. The zero-order valence-electron chi connectivity index (χ0n) is 32.7. The van der Waals surface area contributed by atoms with Gasteiger partial charge in [0.05, 0.1) is 45.7 Å². The Labute approximate surface area is 309 Å². The van der Waals surface area contributed by atoms with Gasteiger partial charge >= 0.3 is 17.5 Å². The Morgan fingerprint density at radius 2 is 1.00 bits per heavy atom. The summed E-state index contributed by atoms with van der Waals surface area (Å²) in [5.41, 5.74) is 5.54. The van der Waals surface area contributed by atoms with E-state index in [2.05, 4.69) is 126 Å². The van der Waals surface area contributed by atoms with Crippen molar-refractivity contribution in [2.45, 2.75) is 137 Å². The third-order valence-electron chi connectivity index (χ3n) is 9.91. The Kier molecular flexibility index (Phi) is 17.2. The van der Waals surface area contributed by atoms with Gasteiger partial charge in [-0.15, -0.1) is 0 Å². The maximum Gasteiger partial charge on any atom is 0.345 e. The van der Waals surface area contributed by atoms with E-state index in [1.54, 1.807) is 7.11 Å². The first kappa shape index (κ1) is 39.8. The smallest absolute Gasteiger partial charge is 0.345 e. The number of hydrogen-bond donors (Lipinski definition) is 0. The van der Waals surface area contributed by atoms with E-state index in [4.69, 9.17) is 14.7 Å². The molecule has 0 spiro atoms. The first-order valence-corrected chi connectivity index (χ1v) is 20.0. The molecule has 7 nitrogen and oxygen atoms in total. The second-order valence-corrected chi connectivity index (χ2v) is 14.1. The summed E-state index contributed by atoms with van der Waals surface area (Å²) < 4.78 is 14.8. The van der Waals surface area contributed by atoms with Crippen LogP contribution in [0.2, 0.25) is 0 Å². The van der Waals surface area contributed by atoms with Crippen molar-refractivity contribution < 1.29 is 13.9 Å². The zero-order chi connectivity index (χ0) is 36.3. The van der Waals surface area contributed by atoms with E-state index in [9.17, 15) is 0 Å². The van der Waals surface area contributed by atoms with Crippen molar-refractivity contribution in [3.63, 3.8) is 0 Å². The third kappa shape index (κ3) is 12.6. The molecule has 4 aromatic rings. The molecule has 0 bridgehead atoms. The van der Waals surface area contributed by atoms with E-state index in [0.717, 1.165) is 48.8 Å². The summed E-state index contributed by atoms with van der Waals surface area (Å²) in [6.07, 6.45) is 28.7. The molecule has 51 heavy (non-hydrogen) atoms. The van der Waals surface area contributed by atoms with Crippen LogP contribution in [0.3, 0.4) is 0 Å². The van der Waals surface area contributed by atoms with Gasteiger partial charge in [0.25, 0.3) is 0 Å². The van der Waals surface area contributed by atoms with E-state index in [1.807, 2.05) is 0 Å². The molecule has 0 aliphatic rings. The van der Waals surface area contributed by atoms with Gasteiger partial charge in [0.2, 0.25) is 0 Å². The summed E-state index contributed by atoms with van der Waals surface area (Å²) in [7, 11) is 5.90. The molecule has 0 unspecified atom stereocenters. The van der Waals surface area contributed by atoms with Crippen LogP contribution in [0.4, 0.5) is 11.4 Å². The van der Waals surface area contributed by atoms with Crippen LogP contribution in [-0.2, 0) is 38.3 Å². The molecular weight excluding hydrogens is 629 g/mol. The molecule has 0 saturated heterocycles. The second-order valence-electron chi connectivity index (χ2n) is 14.1. The first-order chi connectivity index (χ1) is 25.0. The summed E-state index contributed by atoms with van der Waals surface area (Å²) in [5.74, 6) is 2.85. The van der Waals surface area contributed by atoms with E-state index >= 15 is 0 Å². The third-order valence-corrected chi connectivity index (χ3v) is 9.91. The summed E-state index contributed by atoms with van der Waals surface area (Å²) in [6, 6.07) is 17.2. The van der Waals surface area contributed by atoms with Crippen molar-refractivity contribution in [1.82, 2.24) is 9.13 Å². The average molecular weight is 695 g/mol. The van der Waals surface area contributed by atoms with Gasteiger partial charge in [0.15, 0.2) is 0 Å². The molecule has 0 saturated carbocycles. The highest BCUT2D eigenvalue weighted by Gasteiger charge is 2.23. The lowest BCUT2D eigenvalue weighted by Crippen LogP contribution is -2.40. The van der Waals surface area contributed by atoms with Gasteiger partial charge in [-0.05, 0) is 73.9 Å². The summed E-state index contributed by atoms with van der Waals surface area (Å²) in [5, 5.41) is 0. The summed E-state index contributed by atoms with van der Waals surface area (Å²) in [6.45, 7) is 8.77. The van der Waals surface area contributed by atoms with E-state index in [-0.39, 0.29) is 0 Å². The van der Waals surface area contributed by atoms with Crippen LogP contribution in [0.25, 0.3) is 0 Å². The summed E-state index contributed by atoms with van der Waals surface area (Å²) in [4.78, 5) is 10.0. The maximum absolute atomic E-state index is 5.83. The van der Waals surface area contributed by atoms with Gasteiger partial charge in [-0.3, -0.25) is 0 Å². The highest BCUT2D eigenvalue weighted by Crippen LogP contribution is 2.21. The van der Waals surface area contributed by atoms with Crippen molar-refractivity contribution in [2.24, 2.45) is 24.1 Å². The highest BCUT2D eigenvalue weighted by molar-refractivity contribution is 5.98. The largest absolute Gasteiger partial charge is 0.475 e. The Morgan fingerprint density at radius 3 is 1.47 bits per heavy atom. The normalized spacial score (nSPS) is 12.2. The number of methoxy groups -OCH3 is 1. The molecule has 0 radical (unpaired) electrons. The van der Waals surface area contributed by atoms with Gasteiger partial charge in [-0.2, -0.15) is 0 Å². The molecule has 0 fully saturated rings. The van der Waals surface area contributed by atoms with Gasteiger partial charge in [-0.25, -0.2) is 28.3 Å². The fraction of sp³-hybridized carbons (Fsp3) is 0.545. The Hall–Kier alpha value is -4.00. The molecule has 4 rings (SSSR count). The zero-order valence-corrected chi connectivity index (χ0v) is 32.7. The van der Waals surface area contributed by atoms with Crippen LogP contribution in [0.15, 0.2) is 83.3 Å². The van der Waals surface area contributed by atoms with Crippen molar-refractivity contribution in [3.05, 3.63) is 96.1 Å². The molecule has 2 heterocycles. The topological polar surface area (TPSA) is 51.6 Å². The first-order valence-electron chi connectivity index (χ1n) is 20.0. The van der Waals surface area contributed by atoms with Crippen LogP contribution >= 0.6 is 0 Å². The van der Waals surface area contributed by atoms with Crippen molar-refractivity contribution in [2.75, 3.05) is 7.11 Å². The molecule has 276 valence electrons. The monoisotopic (exact) mass is 695 g/mol. The summed E-state index contributed by atoms with van der Waals surface area (Å²) >= 11 is 0. The van der Waals surface area contributed by atoms with Gasteiger partial charge in [-0.1, -0.05) is 109 Å². The SMILES string of the molecule is CCCCCCCCC[n+]1ccn(C)c1/C(=N/c1ccc(Cc2ccc(/N=C(\CC)c3n(C)cc[n+]3CCCCCCCCC)cc2)cc1)OC. The number of imidazole rings is 2. The molecule has 0 atom stereocenters. The minimum atomic E-state index is 0.638. The fourth-order valence-electron chi connectivity index (χ4n) is 6.89. The number of hydrogen-bond acceptors (Lipinski definition) is 3. The van der Waals surface area contributed by atoms with Crippen LogP contribution in [0.5, 0.6) is 0 Å². The standard InChI is InChI=1S/C44H66N6O/c1-7-10-12-14-16-18-20-30-49-34-32-47(4)43(49)41(9-3)45-39-26-22-37(23-27-39)36-38-24-28-40(29-25-38)46-42(51-6)44-48(5)33-35-50(44)31-21-19-17-15-13-11-8-2/h22-29,32-35H,7-21,30-31,36H2,1-6H3/q+2/b45-41+,46-42-. The second kappa shape index (κ2) is 22.0. The van der Waals surface area contributed by atoms with Crippen molar-refractivity contribution >= 4 is 23.0 Å². The molecule has 0 N–H and O–H groups in total. The van der Waals surface area contributed by atoms with Gasteiger partial charge in [0, 0.05) is 0 Å². The maximum atomic E-state index is 5.83. The lowest BCUT2D eigenvalue weighted by atomic mass is 10.0. The molecule has 0 aliphatic heterocycles. The Morgan fingerprint density at radius 1 is 0.569 bits per heavy atom. The number of nitrogens with zero attached hydrogens (tertiary/aromatic N) is 6. The van der Waals surface area contributed by atoms with Gasteiger partial charge in [0.1, 0.15) is 30.5 Å². The number of rotatable bonds is 23. The number of ether oxygens (including phenoxy) is 1. The number of unbranched alkanes of at least 4 members (excludes halogenated alkanes) is 12. The average Bonchev–Trinajstić information content (AvgIpc) is 3.70. The minimum absolute atomic E-state index is 0.638.